The van der Waals surface area contributed by atoms with Crippen LogP contribution in [0.25, 0.3) is 0 Å². The Hall–Kier alpha value is -1.30. The molecular formula is C11H19N3O3. The Kier molecular flexibility index (Phi) is 3.83. The first-order chi connectivity index (χ1) is 8.16. The van der Waals surface area contributed by atoms with Crippen LogP contribution in [0.3, 0.4) is 0 Å². The van der Waals surface area contributed by atoms with E-state index in [4.69, 9.17) is 5.11 Å². The van der Waals surface area contributed by atoms with Gasteiger partial charge in [0.15, 0.2) is 0 Å². The van der Waals surface area contributed by atoms with Crippen molar-refractivity contribution >= 4 is 12.0 Å². The van der Waals surface area contributed by atoms with Gasteiger partial charge in [-0.25, -0.2) is 4.79 Å². The van der Waals surface area contributed by atoms with Crippen LogP contribution < -0.4 is 5.32 Å². The first-order valence-electron chi connectivity index (χ1n) is 6.13. The Morgan fingerprint density at radius 3 is 2.65 bits per heavy atom. The van der Waals surface area contributed by atoms with Gasteiger partial charge in [0.25, 0.3) is 0 Å². The second-order valence-corrected chi connectivity index (χ2v) is 4.73. The molecule has 0 aliphatic carbocycles. The van der Waals surface area contributed by atoms with Crippen molar-refractivity contribution in [2.75, 3.05) is 39.3 Å². The normalized spacial score (nSPS) is 22.9. The molecule has 0 atom stereocenters. The summed E-state index contributed by atoms with van der Waals surface area (Å²) in [6, 6.07) is 0. The van der Waals surface area contributed by atoms with Gasteiger partial charge in [-0.3, -0.25) is 4.79 Å². The lowest BCUT2D eigenvalue weighted by Gasteiger charge is -2.35. The maximum Gasteiger partial charge on any atom is 0.407 e. The van der Waals surface area contributed by atoms with Gasteiger partial charge >= 0.3 is 6.09 Å². The lowest BCUT2D eigenvalue weighted by Crippen LogP contribution is -2.50. The molecule has 0 unspecified atom stereocenters. The van der Waals surface area contributed by atoms with Crippen LogP contribution in [0.5, 0.6) is 0 Å². The maximum absolute atomic E-state index is 11.6. The van der Waals surface area contributed by atoms with Crippen molar-refractivity contribution in [3.63, 3.8) is 0 Å². The SMILES string of the molecule is O=C(O)N1CCC(CN2CCNCC2=O)CC1. The van der Waals surface area contributed by atoms with E-state index in [2.05, 4.69) is 5.32 Å². The second kappa shape index (κ2) is 5.35. The van der Waals surface area contributed by atoms with E-state index in [1.165, 1.54) is 4.90 Å². The summed E-state index contributed by atoms with van der Waals surface area (Å²) in [7, 11) is 0. The maximum atomic E-state index is 11.6. The van der Waals surface area contributed by atoms with E-state index >= 15 is 0 Å². The number of carbonyl (C=O) groups excluding carboxylic acids is 1. The summed E-state index contributed by atoms with van der Waals surface area (Å²) >= 11 is 0. The third-order valence-corrected chi connectivity index (χ3v) is 3.55. The van der Waals surface area contributed by atoms with Gasteiger partial charge in [-0.05, 0) is 18.8 Å². The number of carbonyl (C=O) groups is 2. The van der Waals surface area contributed by atoms with E-state index in [-0.39, 0.29) is 5.91 Å². The van der Waals surface area contributed by atoms with Gasteiger partial charge < -0.3 is 20.2 Å². The number of hydrogen-bond donors (Lipinski definition) is 2. The number of nitrogens with one attached hydrogen (secondary N) is 1. The van der Waals surface area contributed by atoms with E-state index in [0.29, 0.717) is 25.6 Å². The van der Waals surface area contributed by atoms with E-state index in [0.717, 1.165) is 32.5 Å². The smallest absolute Gasteiger partial charge is 0.407 e. The van der Waals surface area contributed by atoms with Crippen LogP contribution in [0.4, 0.5) is 4.79 Å². The molecule has 2 amide bonds. The van der Waals surface area contributed by atoms with Crippen LogP contribution in [0.15, 0.2) is 0 Å². The van der Waals surface area contributed by atoms with Gasteiger partial charge in [0, 0.05) is 32.7 Å². The topological polar surface area (TPSA) is 72.9 Å². The summed E-state index contributed by atoms with van der Waals surface area (Å²) in [5, 5.41) is 11.9. The highest BCUT2D eigenvalue weighted by atomic mass is 16.4. The van der Waals surface area contributed by atoms with Gasteiger partial charge in [-0.1, -0.05) is 0 Å². The van der Waals surface area contributed by atoms with Crippen molar-refractivity contribution in [2.45, 2.75) is 12.8 Å². The van der Waals surface area contributed by atoms with E-state index in [1.54, 1.807) is 0 Å². The zero-order valence-electron chi connectivity index (χ0n) is 9.89. The quantitative estimate of drug-likeness (QED) is 0.702. The molecule has 2 aliphatic rings. The zero-order chi connectivity index (χ0) is 12.3. The molecule has 2 fully saturated rings. The molecule has 0 aromatic heterocycles. The van der Waals surface area contributed by atoms with Crippen LogP contribution in [0, 0.1) is 5.92 Å². The number of amides is 2. The fraction of sp³-hybridized carbons (Fsp3) is 0.818. The van der Waals surface area contributed by atoms with Crippen molar-refractivity contribution in [2.24, 2.45) is 5.92 Å². The molecule has 6 nitrogen and oxygen atoms in total. The molecule has 2 N–H and O–H groups in total. The average molecular weight is 241 g/mol. The summed E-state index contributed by atoms with van der Waals surface area (Å²) in [6.07, 6.45) is 0.897. The number of piperidine rings is 1. The number of likely N-dealkylation sites (tertiary alicyclic amines) is 1. The van der Waals surface area contributed by atoms with Crippen molar-refractivity contribution in [1.29, 1.82) is 0 Å². The van der Waals surface area contributed by atoms with Gasteiger partial charge in [-0.15, -0.1) is 0 Å². The lowest BCUT2D eigenvalue weighted by atomic mass is 9.96. The molecule has 2 rings (SSSR count). The number of hydrogen-bond acceptors (Lipinski definition) is 3. The predicted octanol–water partition coefficient (Wildman–Crippen LogP) is -0.192. The molecule has 0 radical (unpaired) electrons. The van der Waals surface area contributed by atoms with Gasteiger partial charge in [0.1, 0.15) is 0 Å². The first kappa shape index (κ1) is 12.2. The highest BCUT2D eigenvalue weighted by Crippen LogP contribution is 2.18. The van der Waals surface area contributed by atoms with Gasteiger partial charge in [0.05, 0.1) is 6.54 Å². The molecule has 6 heteroatoms. The second-order valence-electron chi connectivity index (χ2n) is 4.73. The Balaban J connectivity index is 1.77. The summed E-state index contributed by atoms with van der Waals surface area (Å²) in [4.78, 5) is 25.7. The largest absolute Gasteiger partial charge is 0.465 e. The lowest BCUT2D eigenvalue weighted by molar-refractivity contribution is -0.132. The Morgan fingerprint density at radius 1 is 1.35 bits per heavy atom. The number of rotatable bonds is 2. The Morgan fingerprint density at radius 2 is 2.06 bits per heavy atom. The van der Waals surface area contributed by atoms with Crippen molar-refractivity contribution in [1.82, 2.24) is 15.1 Å². The summed E-state index contributed by atoms with van der Waals surface area (Å²) in [5.74, 6) is 0.615. The van der Waals surface area contributed by atoms with E-state index in [1.807, 2.05) is 4.90 Å². The standard InChI is InChI=1S/C11H19N3O3/c15-10-7-12-3-6-14(10)8-9-1-4-13(5-2-9)11(16)17/h9,12H,1-8H2,(H,16,17). The molecule has 0 spiro atoms. The predicted molar refractivity (Wildman–Crippen MR) is 61.8 cm³/mol. The molecule has 0 bridgehead atoms. The van der Waals surface area contributed by atoms with Crippen molar-refractivity contribution < 1.29 is 14.7 Å². The molecule has 0 aromatic rings. The van der Waals surface area contributed by atoms with E-state index < -0.39 is 6.09 Å². The molecule has 0 aromatic carbocycles. The summed E-state index contributed by atoms with van der Waals surface area (Å²) < 4.78 is 0. The molecule has 96 valence electrons. The van der Waals surface area contributed by atoms with Crippen molar-refractivity contribution in [3.8, 4) is 0 Å². The van der Waals surface area contributed by atoms with Gasteiger partial charge in [0.2, 0.25) is 5.91 Å². The molecule has 2 heterocycles. The molecule has 0 saturated carbocycles. The van der Waals surface area contributed by atoms with E-state index in [9.17, 15) is 9.59 Å². The van der Waals surface area contributed by atoms with Crippen LogP contribution in [0.2, 0.25) is 0 Å². The fourth-order valence-corrected chi connectivity index (χ4v) is 2.46. The number of nitrogens with zero attached hydrogens (tertiary/aromatic N) is 2. The third kappa shape index (κ3) is 3.09. The third-order valence-electron chi connectivity index (χ3n) is 3.55. The first-order valence-corrected chi connectivity index (χ1v) is 6.13. The molecular weight excluding hydrogens is 222 g/mol. The fourth-order valence-electron chi connectivity index (χ4n) is 2.46. The van der Waals surface area contributed by atoms with Crippen molar-refractivity contribution in [3.05, 3.63) is 0 Å². The average Bonchev–Trinajstić information content (AvgIpc) is 2.33. The summed E-state index contributed by atoms with van der Waals surface area (Å²) in [5.41, 5.74) is 0. The minimum atomic E-state index is -0.832. The number of piperazine rings is 1. The Bertz CT molecular complexity index is 300. The van der Waals surface area contributed by atoms with Crippen LogP contribution in [0.1, 0.15) is 12.8 Å². The Labute approximate surface area is 101 Å². The zero-order valence-corrected chi connectivity index (χ0v) is 9.89. The molecule has 2 aliphatic heterocycles. The summed E-state index contributed by atoms with van der Waals surface area (Å²) in [6.45, 7) is 4.06. The van der Waals surface area contributed by atoms with Crippen LogP contribution in [-0.4, -0.2) is 66.2 Å². The van der Waals surface area contributed by atoms with Crippen LogP contribution >= 0.6 is 0 Å². The molecule has 17 heavy (non-hydrogen) atoms. The number of carboxylic acid groups (broad SMARTS) is 1. The minimum absolute atomic E-state index is 0.164. The highest BCUT2D eigenvalue weighted by molar-refractivity contribution is 5.79. The minimum Gasteiger partial charge on any atom is -0.465 e. The molecule has 2 saturated heterocycles. The monoisotopic (exact) mass is 241 g/mol. The highest BCUT2D eigenvalue weighted by Gasteiger charge is 2.26. The van der Waals surface area contributed by atoms with Crippen LogP contribution in [-0.2, 0) is 4.79 Å². The van der Waals surface area contributed by atoms with Gasteiger partial charge in [-0.2, -0.15) is 0 Å².